The minimum absolute atomic E-state index is 0.0575. The Bertz CT molecular complexity index is 800. The molecule has 9 heteroatoms. The van der Waals surface area contributed by atoms with Gasteiger partial charge in [-0.05, 0) is 5.56 Å². The number of hydrogen-bond donors (Lipinski definition) is 0. The number of hydrogen-bond acceptors (Lipinski definition) is 6. The Morgan fingerprint density at radius 2 is 1.93 bits per heavy atom. The van der Waals surface area contributed by atoms with Crippen molar-refractivity contribution in [2.45, 2.75) is 32.1 Å². The number of anilines is 1. The molecule has 0 aliphatic carbocycles. The Balaban J connectivity index is 1.71. The van der Waals surface area contributed by atoms with Crippen LogP contribution in [0.5, 0.6) is 0 Å². The van der Waals surface area contributed by atoms with E-state index in [1.165, 1.54) is 12.5 Å². The molecule has 1 unspecified atom stereocenters. The van der Waals surface area contributed by atoms with Gasteiger partial charge in [0.25, 0.3) is 0 Å². The minimum Gasteiger partial charge on any atom is -0.466 e. The fourth-order valence-electron chi connectivity index (χ4n) is 3.41. The first kappa shape index (κ1) is 21.0. The van der Waals surface area contributed by atoms with Crippen LogP contribution in [0.25, 0.3) is 0 Å². The number of nitrogens with zero attached hydrogens (tertiary/aromatic N) is 4. The van der Waals surface area contributed by atoms with E-state index in [4.69, 9.17) is 4.74 Å². The third kappa shape index (κ3) is 5.90. The van der Waals surface area contributed by atoms with Crippen LogP contribution in [0.1, 0.15) is 24.6 Å². The third-order valence-corrected chi connectivity index (χ3v) is 4.80. The zero-order valence-corrected chi connectivity index (χ0v) is 16.1. The van der Waals surface area contributed by atoms with Crippen LogP contribution in [0, 0.1) is 0 Å². The summed E-state index contributed by atoms with van der Waals surface area (Å²) in [5.74, 6) is 0.0352. The van der Waals surface area contributed by atoms with Crippen LogP contribution in [-0.4, -0.2) is 53.1 Å². The lowest BCUT2D eigenvalue weighted by Gasteiger charge is -2.42. The average molecular weight is 408 g/mol. The maximum Gasteiger partial charge on any atom is 0.434 e. The van der Waals surface area contributed by atoms with Crippen LogP contribution in [0.3, 0.4) is 0 Å². The first-order valence-electron chi connectivity index (χ1n) is 9.38. The van der Waals surface area contributed by atoms with E-state index in [0.717, 1.165) is 25.5 Å². The Labute approximate surface area is 167 Å². The van der Waals surface area contributed by atoms with E-state index in [-0.39, 0.29) is 18.6 Å². The first-order chi connectivity index (χ1) is 13.8. The molecule has 1 atom stereocenters. The molecule has 2 aromatic rings. The lowest BCUT2D eigenvalue weighted by Crippen LogP contribution is -2.53. The predicted octanol–water partition coefficient (Wildman–Crippen LogP) is 3.14. The van der Waals surface area contributed by atoms with Gasteiger partial charge in [-0.25, -0.2) is 9.97 Å². The molecule has 1 fully saturated rings. The van der Waals surface area contributed by atoms with Crippen molar-refractivity contribution in [1.82, 2.24) is 14.9 Å². The number of carbonyl (C=O) groups is 1. The smallest absolute Gasteiger partial charge is 0.434 e. The predicted molar refractivity (Wildman–Crippen MR) is 101 cm³/mol. The van der Waals surface area contributed by atoms with Crippen molar-refractivity contribution in [3.8, 4) is 0 Å². The van der Waals surface area contributed by atoms with Crippen molar-refractivity contribution in [3.63, 3.8) is 0 Å². The number of rotatable bonds is 6. The van der Waals surface area contributed by atoms with Gasteiger partial charge in [-0.15, -0.1) is 0 Å². The van der Waals surface area contributed by atoms with Gasteiger partial charge in [0.05, 0.1) is 19.0 Å². The number of alkyl halides is 3. The summed E-state index contributed by atoms with van der Waals surface area (Å²) in [7, 11) is 0. The summed E-state index contributed by atoms with van der Waals surface area (Å²) in [6, 6.07) is 10.00. The summed E-state index contributed by atoms with van der Waals surface area (Å²) in [4.78, 5) is 22.8. The van der Waals surface area contributed by atoms with Crippen LogP contribution < -0.4 is 4.90 Å². The zero-order chi connectivity index (χ0) is 20.9. The van der Waals surface area contributed by atoms with E-state index in [9.17, 15) is 18.0 Å². The van der Waals surface area contributed by atoms with Crippen LogP contribution in [0.15, 0.2) is 42.7 Å². The van der Waals surface area contributed by atoms with Crippen molar-refractivity contribution < 1.29 is 22.7 Å². The van der Waals surface area contributed by atoms with Crippen LogP contribution in [0.4, 0.5) is 19.0 Å². The molecule has 1 aromatic heterocycles. The maximum absolute atomic E-state index is 12.8. The topological polar surface area (TPSA) is 58.6 Å². The molecular weight excluding hydrogens is 385 g/mol. The summed E-state index contributed by atoms with van der Waals surface area (Å²) in [5.41, 5.74) is 0.175. The van der Waals surface area contributed by atoms with Crippen LogP contribution >= 0.6 is 0 Å². The summed E-state index contributed by atoms with van der Waals surface area (Å²) < 4.78 is 43.4. The Morgan fingerprint density at radius 3 is 2.55 bits per heavy atom. The Hall–Kier alpha value is -2.68. The first-order valence-corrected chi connectivity index (χ1v) is 9.38. The highest BCUT2D eigenvalue weighted by molar-refractivity contribution is 5.65. The van der Waals surface area contributed by atoms with Gasteiger partial charge < -0.3 is 9.64 Å². The summed E-state index contributed by atoms with van der Waals surface area (Å²) in [6.07, 6.45) is -2.05. The van der Waals surface area contributed by atoms with Crippen LogP contribution in [0.2, 0.25) is 0 Å². The largest absolute Gasteiger partial charge is 0.466 e. The zero-order valence-electron chi connectivity index (χ0n) is 16.1. The highest BCUT2D eigenvalue weighted by Crippen LogP contribution is 2.28. The molecule has 0 amide bonds. The molecule has 0 spiro atoms. The van der Waals surface area contributed by atoms with Crippen molar-refractivity contribution >= 4 is 11.8 Å². The molecule has 1 aliphatic heterocycles. The lowest BCUT2D eigenvalue weighted by molar-refractivity contribution is -0.142. The number of halogens is 3. The number of esters is 1. The minimum atomic E-state index is -4.52. The van der Waals surface area contributed by atoms with E-state index >= 15 is 0 Å². The van der Waals surface area contributed by atoms with E-state index in [0.29, 0.717) is 25.3 Å². The second kappa shape index (κ2) is 9.21. The molecule has 156 valence electrons. The van der Waals surface area contributed by atoms with Gasteiger partial charge in [0.2, 0.25) is 0 Å². The van der Waals surface area contributed by atoms with Gasteiger partial charge in [0, 0.05) is 45.6 Å². The van der Waals surface area contributed by atoms with E-state index in [2.05, 4.69) is 27.0 Å². The molecule has 0 bridgehead atoms. The molecule has 29 heavy (non-hydrogen) atoms. The van der Waals surface area contributed by atoms with Crippen molar-refractivity contribution in [2.24, 2.45) is 0 Å². The molecule has 0 saturated carbocycles. The standard InChI is InChI=1S/C20H23F3N4O2/c1-15(28)29-10-7-17-14-26(13-16-5-3-2-4-6-16)8-9-27(17)19-12-24-18(11-25-19)20(21,22)23/h2-6,11-12,17H,7-10,13-14H2,1H3. The number of benzene rings is 1. The Morgan fingerprint density at radius 1 is 1.17 bits per heavy atom. The highest BCUT2D eigenvalue weighted by atomic mass is 19.4. The third-order valence-electron chi connectivity index (χ3n) is 4.80. The van der Waals surface area contributed by atoms with E-state index in [1.54, 1.807) is 0 Å². The molecule has 3 rings (SSSR count). The number of carbonyl (C=O) groups excluding carboxylic acids is 1. The molecule has 0 N–H and O–H groups in total. The lowest BCUT2D eigenvalue weighted by atomic mass is 10.1. The normalized spacial score (nSPS) is 17.9. The fraction of sp³-hybridized carbons (Fsp3) is 0.450. The molecule has 1 aliphatic rings. The van der Waals surface area contributed by atoms with Gasteiger partial charge in [0.15, 0.2) is 5.69 Å². The van der Waals surface area contributed by atoms with Gasteiger partial charge in [-0.1, -0.05) is 30.3 Å². The molecule has 0 radical (unpaired) electrons. The van der Waals surface area contributed by atoms with Gasteiger partial charge in [-0.2, -0.15) is 13.2 Å². The van der Waals surface area contributed by atoms with Gasteiger partial charge in [-0.3, -0.25) is 9.69 Å². The SMILES string of the molecule is CC(=O)OCCC1CN(Cc2ccccc2)CCN1c1cnc(C(F)(F)F)cn1. The number of piperazine rings is 1. The molecule has 2 heterocycles. The molecular formula is C20H23F3N4O2. The second-order valence-corrected chi connectivity index (χ2v) is 6.95. The average Bonchev–Trinajstić information content (AvgIpc) is 2.68. The summed E-state index contributed by atoms with van der Waals surface area (Å²) in [6.45, 7) is 4.38. The summed E-state index contributed by atoms with van der Waals surface area (Å²) in [5, 5.41) is 0. The second-order valence-electron chi connectivity index (χ2n) is 6.95. The number of aromatic nitrogens is 2. The Kier molecular flexibility index (Phi) is 6.68. The monoisotopic (exact) mass is 408 g/mol. The maximum atomic E-state index is 12.8. The summed E-state index contributed by atoms with van der Waals surface area (Å²) >= 11 is 0. The quantitative estimate of drug-likeness (QED) is 0.685. The molecule has 1 saturated heterocycles. The molecule has 1 aromatic carbocycles. The fourth-order valence-corrected chi connectivity index (χ4v) is 3.41. The van der Waals surface area contributed by atoms with Crippen molar-refractivity contribution in [2.75, 3.05) is 31.1 Å². The molecule has 6 nitrogen and oxygen atoms in total. The van der Waals surface area contributed by atoms with Crippen molar-refractivity contribution in [1.29, 1.82) is 0 Å². The number of ether oxygens (including phenoxy) is 1. The van der Waals surface area contributed by atoms with Crippen LogP contribution in [-0.2, 0) is 22.3 Å². The van der Waals surface area contributed by atoms with E-state index < -0.39 is 11.9 Å². The highest BCUT2D eigenvalue weighted by Gasteiger charge is 2.34. The van der Waals surface area contributed by atoms with Crippen molar-refractivity contribution in [3.05, 3.63) is 54.0 Å². The van der Waals surface area contributed by atoms with Gasteiger partial charge >= 0.3 is 12.1 Å². The van der Waals surface area contributed by atoms with Gasteiger partial charge in [0.1, 0.15) is 5.82 Å². The van der Waals surface area contributed by atoms with E-state index in [1.807, 2.05) is 23.1 Å².